The molecule has 1 aliphatic heterocycles. The number of halogens is 1. The Balaban J connectivity index is 0.00000264. The van der Waals surface area contributed by atoms with E-state index in [1.165, 1.54) is 38.5 Å². The molecule has 3 N–H and O–H groups in total. The summed E-state index contributed by atoms with van der Waals surface area (Å²) in [6.07, 6.45) is 8.72. The van der Waals surface area contributed by atoms with E-state index in [4.69, 9.17) is 0 Å². The maximum atomic E-state index is 10.4. The smallest absolute Gasteiger partial charge is 0.191 e. The summed E-state index contributed by atoms with van der Waals surface area (Å²) in [5, 5.41) is 17.3. The molecule has 1 saturated carbocycles. The molecule has 4 nitrogen and oxygen atoms in total. The third-order valence-electron chi connectivity index (χ3n) is 4.84. The fraction of sp³-hybridized carbons (Fsp3) is 0.941. The summed E-state index contributed by atoms with van der Waals surface area (Å²) >= 11 is 1.83. The van der Waals surface area contributed by atoms with Crippen LogP contribution in [0, 0.1) is 5.92 Å². The van der Waals surface area contributed by atoms with Crippen LogP contribution < -0.4 is 10.6 Å². The molecule has 0 spiro atoms. The number of nitrogens with zero attached hydrogens (tertiary/aromatic N) is 1. The van der Waals surface area contributed by atoms with Crippen molar-refractivity contribution in [1.29, 1.82) is 0 Å². The van der Waals surface area contributed by atoms with Crippen molar-refractivity contribution in [2.45, 2.75) is 70.4 Å². The lowest BCUT2D eigenvalue weighted by atomic mass is 9.83. The summed E-state index contributed by atoms with van der Waals surface area (Å²) in [5.74, 6) is 3.68. The maximum absolute atomic E-state index is 10.4. The Morgan fingerprint density at radius 1 is 1.26 bits per heavy atom. The minimum Gasteiger partial charge on any atom is -0.387 e. The van der Waals surface area contributed by atoms with E-state index in [1.54, 1.807) is 0 Å². The number of aliphatic hydroxyl groups is 1. The first-order chi connectivity index (χ1) is 10.6. The number of hydrogen-bond acceptors (Lipinski definition) is 3. The van der Waals surface area contributed by atoms with Crippen LogP contribution in [-0.2, 0) is 0 Å². The molecule has 1 heterocycles. The Bertz CT molecular complexity index is 354. The third kappa shape index (κ3) is 7.38. The predicted molar refractivity (Wildman–Crippen MR) is 112 cm³/mol. The Kier molecular flexibility index (Phi) is 10.2. The molecule has 1 aliphatic carbocycles. The highest BCUT2D eigenvalue weighted by Crippen LogP contribution is 2.29. The average molecular weight is 455 g/mol. The van der Waals surface area contributed by atoms with E-state index in [0.717, 1.165) is 36.3 Å². The van der Waals surface area contributed by atoms with Gasteiger partial charge in [0.15, 0.2) is 5.96 Å². The molecule has 0 aromatic heterocycles. The van der Waals surface area contributed by atoms with Crippen molar-refractivity contribution in [2.75, 3.05) is 24.6 Å². The van der Waals surface area contributed by atoms with Crippen LogP contribution >= 0.6 is 35.7 Å². The summed E-state index contributed by atoms with van der Waals surface area (Å²) < 4.78 is 0. The summed E-state index contributed by atoms with van der Waals surface area (Å²) in [5.41, 5.74) is -0.591. The van der Waals surface area contributed by atoms with Gasteiger partial charge in [0, 0.05) is 18.3 Å². The molecular weight excluding hydrogens is 421 g/mol. The van der Waals surface area contributed by atoms with Gasteiger partial charge in [0.05, 0.1) is 12.1 Å². The molecule has 1 atom stereocenters. The van der Waals surface area contributed by atoms with Gasteiger partial charge in [-0.3, -0.25) is 4.99 Å². The van der Waals surface area contributed by atoms with Crippen LogP contribution in [0.15, 0.2) is 4.99 Å². The van der Waals surface area contributed by atoms with E-state index in [2.05, 4.69) is 29.5 Å². The summed E-state index contributed by atoms with van der Waals surface area (Å²) in [7, 11) is 0. The van der Waals surface area contributed by atoms with E-state index in [9.17, 15) is 5.11 Å². The van der Waals surface area contributed by atoms with Crippen molar-refractivity contribution in [3.8, 4) is 0 Å². The van der Waals surface area contributed by atoms with Crippen molar-refractivity contribution < 1.29 is 5.11 Å². The molecule has 1 unspecified atom stereocenters. The Hall–Kier alpha value is 0.310. The molecule has 136 valence electrons. The van der Waals surface area contributed by atoms with Crippen LogP contribution in [0.2, 0.25) is 0 Å². The van der Waals surface area contributed by atoms with E-state index in [-0.39, 0.29) is 24.0 Å². The number of aliphatic imine (C=N–C) groups is 1. The highest BCUT2D eigenvalue weighted by atomic mass is 127. The van der Waals surface area contributed by atoms with Crippen molar-refractivity contribution in [1.82, 2.24) is 10.6 Å². The van der Waals surface area contributed by atoms with Gasteiger partial charge in [0.25, 0.3) is 0 Å². The lowest BCUT2D eigenvalue weighted by molar-refractivity contribution is 0.0778. The molecule has 0 bridgehead atoms. The van der Waals surface area contributed by atoms with Crippen molar-refractivity contribution in [3.05, 3.63) is 0 Å². The normalized spacial score (nSPS) is 31.5. The van der Waals surface area contributed by atoms with Gasteiger partial charge in [-0.05, 0) is 50.7 Å². The molecule has 1 saturated heterocycles. The zero-order valence-electron chi connectivity index (χ0n) is 14.6. The average Bonchev–Trinajstić information content (AvgIpc) is 2.95. The lowest BCUT2D eigenvalue weighted by Gasteiger charge is -2.30. The fourth-order valence-electron chi connectivity index (χ4n) is 3.46. The number of thioether (sulfide) groups is 1. The Labute approximate surface area is 163 Å². The summed E-state index contributed by atoms with van der Waals surface area (Å²) in [6.45, 7) is 5.76. The minimum atomic E-state index is -0.591. The van der Waals surface area contributed by atoms with Crippen molar-refractivity contribution >= 4 is 41.7 Å². The standard InChI is InChI=1S/C17H33N3OS.HI/c1-3-5-14-6-8-15(9-7-14)20-16(18-4-2)19-12-17(21)10-11-22-13-17;/h14-15,21H,3-13H2,1-2H3,(H2,18,19,20);1H. The molecule has 2 fully saturated rings. The largest absolute Gasteiger partial charge is 0.387 e. The van der Waals surface area contributed by atoms with E-state index >= 15 is 0 Å². The van der Waals surface area contributed by atoms with Crippen LogP contribution in [0.4, 0.5) is 0 Å². The van der Waals surface area contributed by atoms with Crippen LogP contribution in [0.3, 0.4) is 0 Å². The molecule has 6 heteroatoms. The van der Waals surface area contributed by atoms with Crippen LogP contribution in [0.5, 0.6) is 0 Å². The van der Waals surface area contributed by atoms with Crippen molar-refractivity contribution in [2.24, 2.45) is 10.9 Å². The van der Waals surface area contributed by atoms with E-state index in [1.807, 2.05) is 11.8 Å². The number of nitrogens with one attached hydrogen (secondary N) is 2. The Morgan fingerprint density at radius 2 is 2.00 bits per heavy atom. The topological polar surface area (TPSA) is 56.7 Å². The maximum Gasteiger partial charge on any atom is 0.191 e. The van der Waals surface area contributed by atoms with Crippen LogP contribution in [0.1, 0.15) is 58.8 Å². The summed E-state index contributed by atoms with van der Waals surface area (Å²) in [6, 6.07) is 0.540. The van der Waals surface area contributed by atoms with Crippen molar-refractivity contribution in [3.63, 3.8) is 0 Å². The van der Waals surface area contributed by atoms with Crippen LogP contribution in [-0.4, -0.2) is 47.3 Å². The van der Waals surface area contributed by atoms with Gasteiger partial charge >= 0.3 is 0 Å². The quantitative estimate of drug-likeness (QED) is 0.327. The first kappa shape index (κ1) is 21.4. The van der Waals surface area contributed by atoms with E-state index < -0.39 is 5.60 Å². The summed E-state index contributed by atoms with van der Waals surface area (Å²) in [4.78, 5) is 4.65. The second kappa shape index (κ2) is 11.0. The molecule has 2 rings (SSSR count). The zero-order valence-corrected chi connectivity index (χ0v) is 17.8. The van der Waals surface area contributed by atoms with E-state index in [0.29, 0.717) is 12.6 Å². The fourth-order valence-corrected chi connectivity index (χ4v) is 4.75. The minimum absolute atomic E-state index is 0. The SMILES string of the molecule is CCCC1CCC(NC(=NCC2(O)CCSC2)NCC)CC1.I. The van der Waals surface area contributed by atoms with Gasteiger partial charge in [-0.15, -0.1) is 24.0 Å². The van der Waals surface area contributed by atoms with Gasteiger partial charge in [0.2, 0.25) is 0 Å². The third-order valence-corrected chi connectivity index (χ3v) is 6.08. The van der Waals surface area contributed by atoms with Gasteiger partial charge < -0.3 is 15.7 Å². The molecular formula is C17H34IN3OS. The molecule has 0 aromatic carbocycles. The second-order valence-corrected chi connectivity index (χ2v) is 7.98. The predicted octanol–water partition coefficient (Wildman–Crippen LogP) is 3.39. The number of rotatable bonds is 6. The lowest BCUT2D eigenvalue weighted by Crippen LogP contribution is -2.46. The number of hydrogen-bond donors (Lipinski definition) is 3. The van der Waals surface area contributed by atoms with Crippen LogP contribution in [0.25, 0.3) is 0 Å². The second-order valence-electron chi connectivity index (χ2n) is 6.87. The molecule has 23 heavy (non-hydrogen) atoms. The van der Waals surface area contributed by atoms with Gasteiger partial charge in [-0.25, -0.2) is 0 Å². The monoisotopic (exact) mass is 455 g/mol. The number of guanidine groups is 1. The molecule has 2 aliphatic rings. The highest BCUT2D eigenvalue weighted by molar-refractivity contribution is 14.0. The first-order valence-corrected chi connectivity index (χ1v) is 10.2. The highest BCUT2D eigenvalue weighted by Gasteiger charge is 2.31. The van der Waals surface area contributed by atoms with Gasteiger partial charge in [-0.2, -0.15) is 11.8 Å². The molecule has 0 aromatic rings. The first-order valence-electron chi connectivity index (χ1n) is 9.00. The van der Waals surface area contributed by atoms with Gasteiger partial charge in [-0.1, -0.05) is 19.8 Å². The van der Waals surface area contributed by atoms with Gasteiger partial charge in [0.1, 0.15) is 0 Å². The Morgan fingerprint density at radius 3 is 2.57 bits per heavy atom. The molecule has 0 radical (unpaired) electrons. The zero-order chi connectivity index (χ0) is 15.8. The molecule has 0 amide bonds.